The molecule has 3 nitrogen and oxygen atoms in total. The Hall–Kier alpha value is -0.790. The molecule has 2 rings (SSSR count). The second kappa shape index (κ2) is 6.54. The third-order valence-electron chi connectivity index (χ3n) is 3.75. The van der Waals surface area contributed by atoms with Crippen LogP contribution in [0.1, 0.15) is 30.5 Å². The number of phenolic OH excluding ortho intramolecular Hbond substituents is 1. The van der Waals surface area contributed by atoms with Crippen LogP contribution in [0.4, 0.5) is 13.2 Å². The van der Waals surface area contributed by atoms with E-state index in [1.54, 1.807) is 6.07 Å². The Morgan fingerprint density at radius 2 is 1.95 bits per heavy atom. The van der Waals surface area contributed by atoms with E-state index < -0.39 is 17.5 Å². The van der Waals surface area contributed by atoms with Crippen molar-refractivity contribution in [3.63, 3.8) is 0 Å². The first-order chi connectivity index (χ1) is 9.84. The Bertz CT molecular complexity index is 502. The normalized spacial score (nSPS) is 18.7. The van der Waals surface area contributed by atoms with E-state index in [0.29, 0.717) is 16.5 Å². The fourth-order valence-corrected chi connectivity index (χ4v) is 3.23. The number of halogens is 4. The molecule has 1 aromatic carbocycles. The molecule has 1 heterocycles. The van der Waals surface area contributed by atoms with Gasteiger partial charge in [-0.2, -0.15) is 13.2 Å². The summed E-state index contributed by atoms with van der Waals surface area (Å²) in [5.41, 5.74) is -0.651. The summed E-state index contributed by atoms with van der Waals surface area (Å²) in [5, 5.41) is 13.3. The van der Waals surface area contributed by atoms with Crippen molar-refractivity contribution in [2.45, 2.75) is 25.6 Å². The van der Waals surface area contributed by atoms with E-state index in [0.717, 1.165) is 32.2 Å². The minimum absolute atomic E-state index is 0.217. The van der Waals surface area contributed by atoms with E-state index in [1.807, 2.05) is 6.92 Å². The molecule has 21 heavy (non-hydrogen) atoms. The van der Waals surface area contributed by atoms with Gasteiger partial charge in [0.05, 0.1) is 5.56 Å². The van der Waals surface area contributed by atoms with Crippen LogP contribution in [0.5, 0.6) is 5.75 Å². The molecule has 1 fully saturated rings. The summed E-state index contributed by atoms with van der Waals surface area (Å²) in [7, 11) is 0. The largest absolute Gasteiger partial charge is 0.507 e. The minimum atomic E-state index is -4.57. The zero-order valence-electron chi connectivity index (χ0n) is 11.7. The maximum absolute atomic E-state index is 13.0. The lowest BCUT2D eigenvalue weighted by atomic mass is 9.98. The third kappa shape index (κ3) is 3.70. The average Bonchev–Trinajstić information content (AvgIpc) is 2.43. The predicted octanol–water partition coefficient (Wildman–Crippen LogP) is 3.53. The number of piperazine rings is 1. The predicted molar refractivity (Wildman–Crippen MR) is 78.3 cm³/mol. The summed E-state index contributed by atoms with van der Waals surface area (Å²) in [4.78, 5) is 2.11. The number of nitrogens with one attached hydrogen (secondary N) is 1. The number of nitrogens with zero attached hydrogens (tertiary/aromatic N) is 1. The SMILES string of the molecule is CC[C@@H](c1cc(Br)cc(C(F)(F)F)c1O)N1CCNCC1. The molecule has 0 aromatic heterocycles. The van der Waals surface area contributed by atoms with Gasteiger partial charge in [-0.05, 0) is 18.6 Å². The second-order valence-electron chi connectivity index (χ2n) is 5.10. The molecular weight excluding hydrogens is 349 g/mol. The molecule has 0 saturated carbocycles. The van der Waals surface area contributed by atoms with Crippen LogP contribution in [-0.2, 0) is 6.18 Å². The van der Waals surface area contributed by atoms with E-state index in [4.69, 9.17) is 0 Å². The smallest absolute Gasteiger partial charge is 0.420 e. The molecule has 1 aliphatic heterocycles. The van der Waals surface area contributed by atoms with E-state index in [2.05, 4.69) is 26.1 Å². The monoisotopic (exact) mass is 366 g/mol. The summed E-state index contributed by atoms with van der Waals surface area (Å²) < 4.78 is 39.4. The summed E-state index contributed by atoms with van der Waals surface area (Å²) >= 11 is 3.12. The highest BCUT2D eigenvalue weighted by molar-refractivity contribution is 9.10. The molecule has 1 aliphatic rings. The van der Waals surface area contributed by atoms with Gasteiger partial charge in [-0.15, -0.1) is 0 Å². The van der Waals surface area contributed by atoms with Gasteiger partial charge in [-0.1, -0.05) is 22.9 Å². The van der Waals surface area contributed by atoms with E-state index >= 15 is 0 Å². The minimum Gasteiger partial charge on any atom is -0.507 e. The summed E-state index contributed by atoms with van der Waals surface area (Å²) in [6, 6.07) is 2.29. The van der Waals surface area contributed by atoms with E-state index in [9.17, 15) is 18.3 Å². The van der Waals surface area contributed by atoms with Crippen molar-refractivity contribution < 1.29 is 18.3 Å². The number of benzene rings is 1. The van der Waals surface area contributed by atoms with Crippen LogP contribution in [0.2, 0.25) is 0 Å². The zero-order chi connectivity index (χ0) is 15.6. The zero-order valence-corrected chi connectivity index (χ0v) is 13.3. The van der Waals surface area contributed by atoms with Crippen molar-refractivity contribution in [3.8, 4) is 5.75 Å². The van der Waals surface area contributed by atoms with E-state index in [-0.39, 0.29) is 6.04 Å². The van der Waals surface area contributed by atoms with Crippen molar-refractivity contribution in [2.24, 2.45) is 0 Å². The van der Waals surface area contributed by atoms with Crippen LogP contribution < -0.4 is 5.32 Å². The Labute approximate surface area is 130 Å². The molecule has 2 N–H and O–H groups in total. The Morgan fingerprint density at radius 3 is 2.48 bits per heavy atom. The van der Waals surface area contributed by atoms with Crippen LogP contribution in [0.25, 0.3) is 0 Å². The van der Waals surface area contributed by atoms with Gasteiger partial charge in [0.2, 0.25) is 0 Å². The summed E-state index contributed by atoms with van der Waals surface area (Å²) in [6.45, 7) is 5.03. The van der Waals surface area contributed by atoms with Gasteiger partial charge in [-0.25, -0.2) is 0 Å². The maximum Gasteiger partial charge on any atom is 0.420 e. The van der Waals surface area contributed by atoms with Crippen molar-refractivity contribution in [1.82, 2.24) is 10.2 Å². The summed E-state index contributed by atoms with van der Waals surface area (Å²) in [6.07, 6.45) is -3.92. The number of hydrogen-bond acceptors (Lipinski definition) is 3. The Balaban J connectivity index is 2.43. The number of hydrogen-bond donors (Lipinski definition) is 2. The van der Waals surface area contributed by atoms with Gasteiger partial charge in [0.1, 0.15) is 5.75 Å². The van der Waals surface area contributed by atoms with Gasteiger partial charge >= 0.3 is 6.18 Å². The van der Waals surface area contributed by atoms with Crippen LogP contribution >= 0.6 is 15.9 Å². The lowest BCUT2D eigenvalue weighted by Gasteiger charge is -2.35. The van der Waals surface area contributed by atoms with Crippen molar-refractivity contribution in [2.75, 3.05) is 26.2 Å². The molecule has 0 bridgehead atoms. The first-order valence-corrected chi connectivity index (χ1v) is 7.68. The van der Waals surface area contributed by atoms with Crippen molar-refractivity contribution >= 4 is 15.9 Å². The van der Waals surface area contributed by atoms with Crippen LogP contribution in [0.15, 0.2) is 16.6 Å². The molecule has 0 aliphatic carbocycles. The Kier molecular flexibility index (Phi) is 5.16. The molecule has 0 radical (unpaired) electrons. The topological polar surface area (TPSA) is 35.5 Å². The molecule has 0 spiro atoms. The highest BCUT2D eigenvalue weighted by Crippen LogP contribution is 2.43. The highest BCUT2D eigenvalue weighted by atomic mass is 79.9. The van der Waals surface area contributed by atoms with Crippen LogP contribution in [-0.4, -0.2) is 36.2 Å². The molecule has 7 heteroatoms. The number of phenols is 1. The standard InChI is InChI=1S/C14H18BrF3N2O/c1-2-12(20-5-3-19-4-6-20)10-7-9(15)8-11(13(10)21)14(16,17)18/h7-8,12,19,21H,2-6H2,1H3/t12-/m0/s1. The lowest BCUT2D eigenvalue weighted by molar-refractivity contribution is -0.138. The van der Waals surface area contributed by atoms with Gasteiger partial charge in [0.15, 0.2) is 0 Å². The first kappa shape index (κ1) is 16.6. The quantitative estimate of drug-likeness (QED) is 0.858. The molecule has 0 unspecified atom stereocenters. The lowest BCUT2D eigenvalue weighted by Crippen LogP contribution is -2.45. The summed E-state index contributed by atoms with van der Waals surface area (Å²) in [5.74, 6) is -0.656. The highest BCUT2D eigenvalue weighted by Gasteiger charge is 2.36. The number of alkyl halides is 3. The van der Waals surface area contributed by atoms with Crippen LogP contribution in [0, 0.1) is 0 Å². The molecule has 0 amide bonds. The molecule has 1 aromatic rings. The van der Waals surface area contributed by atoms with Gasteiger partial charge in [-0.3, -0.25) is 4.90 Å². The second-order valence-corrected chi connectivity index (χ2v) is 6.01. The van der Waals surface area contributed by atoms with Crippen molar-refractivity contribution in [1.29, 1.82) is 0 Å². The molecular formula is C14H18BrF3N2O. The van der Waals surface area contributed by atoms with Crippen LogP contribution in [0.3, 0.4) is 0 Å². The fourth-order valence-electron chi connectivity index (χ4n) is 2.76. The average molecular weight is 367 g/mol. The van der Waals surface area contributed by atoms with Crippen molar-refractivity contribution in [3.05, 3.63) is 27.7 Å². The molecule has 1 atom stereocenters. The molecule has 118 valence electrons. The fraction of sp³-hybridized carbons (Fsp3) is 0.571. The van der Waals surface area contributed by atoms with Gasteiger partial charge in [0.25, 0.3) is 0 Å². The maximum atomic E-state index is 13.0. The third-order valence-corrected chi connectivity index (χ3v) is 4.21. The number of rotatable bonds is 3. The van der Waals surface area contributed by atoms with Gasteiger partial charge < -0.3 is 10.4 Å². The molecule has 1 saturated heterocycles. The number of aromatic hydroxyl groups is 1. The first-order valence-electron chi connectivity index (χ1n) is 6.89. The Morgan fingerprint density at radius 1 is 1.33 bits per heavy atom. The van der Waals surface area contributed by atoms with Gasteiger partial charge in [0, 0.05) is 42.3 Å². The van der Waals surface area contributed by atoms with E-state index in [1.165, 1.54) is 0 Å².